The van der Waals surface area contributed by atoms with Crippen LogP contribution >= 0.6 is 0 Å². The van der Waals surface area contributed by atoms with Crippen LogP contribution < -0.4 is 10.1 Å². The fourth-order valence-corrected chi connectivity index (χ4v) is 2.63. The van der Waals surface area contributed by atoms with Gasteiger partial charge in [-0.3, -0.25) is 0 Å². The average molecular weight is 439 g/mol. The number of nitrogens with one attached hydrogen (secondary N) is 1. The van der Waals surface area contributed by atoms with Crippen molar-refractivity contribution in [3.63, 3.8) is 0 Å². The molecule has 9 nitrogen and oxygen atoms in total. The van der Waals surface area contributed by atoms with E-state index in [-0.39, 0.29) is 19.0 Å². The van der Waals surface area contributed by atoms with Crippen LogP contribution in [0.2, 0.25) is 0 Å². The highest BCUT2D eigenvalue weighted by atomic mass is 16.6. The van der Waals surface area contributed by atoms with Crippen molar-refractivity contribution in [2.75, 3.05) is 7.11 Å². The van der Waals surface area contributed by atoms with Crippen molar-refractivity contribution in [1.29, 1.82) is 0 Å². The summed E-state index contributed by atoms with van der Waals surface area (Å²) in [6.45, 7) is 5.51. The number of nitrogens with zero attached hydrogens (tertiary/aromatic N) is 2. The molecule has 0 aliphatic rings. The lowest BCUT2D eigenvalue weighted by molar-refractivity contribution is 0.0428. The molecule has 0 aliphatic heterocycles. The number of methoxy groups -OCH3 is 1. The first-order valence-corrected chi connectivity index (χ1v) is 9.93. The van der Waals surface area contributed by atoms with Crippen LogP contribution in [0, 0.1) is 0 Å². The van der Waals surface area contributed by atoms with E-state index in [1.54, 1.807) is 76.4 Å². The van der Waals surface area contributed by atoms with Crippen molar-refractivity contribution < 1.29 is 28.3 Å². The molecule has 0 unspecified atom stereocenters. The zero-order valence-corrected chi connectivity index (χ0v) is 18.4. The van der Waals surface area contributed by atoms with Crippen molar-refractivity contribution in [2.24, 2.45) is 0 Å². The zero-order chi connectivity index (χ0) is 23.1. The van der Waals surface area contributed by atoms with Crippen LogP contribution in [0.25, 0.3) is 11.4 Å². The van der Waals surface area contributed by atoms with Gasteiger partial charge in [-0.1, -0.05) is 17.3 Å². The van der Waals surface area contributed by atoms with Crippen LogP contribution in [0.3, 0.4) is 0 Å². The largest absolute Gasteiger partial charge is 0.497 e. The molecule has 32 heavy (non-hydrogen) atoms. The minimum absolute atomic E-state index is 0.149. The van der Waals surface area contributed by atoms with Crippen LogP contribution in [0.15, 0.2) is 53.1 Å². The number of rotatable bonds is 7. The van der Waals surface area contributed by atoms with Gasteiger partial charge in [0.15, 0.2) is 6.61 Å². The van der Waals surface area contributed by atoms with Crippen molar-refractivity contribution in [2.45, 2.75) is 39.5 Å². The number of aromatic nitrogens is 2. The second-order valence-corrected chi connectivity index (χ2v) is 7.87. The Morgan fingerprint density at radius 1 is 1.03 bits per heavy atom. The number of ether oxygens (including phenoxy) is 3. The van der Waals surface area contributed by atoms with E-state index in [1.807, 2.05) is 0 Å². The summed E-state index contributed by atoms with van der Waals surface area (Å²) >= 11 is 0. The quantitative estimate of drug-likeness (QED) is 0.547. The lowest BCUT2D eigenvalue weighted by Gasteiger charge is -2.19. The Morgan fingerprint density at radius 3 is 2.34 bits per heavy atom. The maximum atomic E-state index is 12.3. The van der Waals surface area contributed by atoms with Crippen LogP contribution in [0.4, 0.5) is 4.79 Å². The fraction of sp³-hybridized carbons (Fsp3) is 0.304. The first-order chi connectivity index (χ1) is 15.2. The predicted octanol–water partition coefficient (Wildman–Crippen LogP) is 4.13. The van der Waals surface area contributed by atoms with Gasteiger partial charge >= 0.3 is 12.1 Å². The molecule has 2 aromatic carbocycles. The summed E-state index contributed by atoms with van der Waals surface area (Å²) < 4.78 is 20.7. The van der Waals surface area contributed by atoms with E-state index in [4.69, 9.17) is 18.7 Å². The summed E-state index contributed by atoms with van der Waals surface area (Å²) in [5.41, 5.74) is 1.36. The Bertz CT molecular complexity index is 1050. The number of amides is 1. The zero-order valence-electron chi connectivity index (χ0n) is 18.4. The Kier molecular flexibility index (Phi) is 7.09. The standard InChI is InChI=1S/C23H25N3O6/c1-23(2,3)31-22(28)24-13-15-5-7-17(8-6-15)21(27)30-14-19-25-20(26-32-19)16-9-11-18(29-4)12-10-16/h5-12H,13-14H2,1-4H3,(H,24,28). The highest BCUT2D eigenvalue weighted by Crippen LogP contribution is 2.20. The maximum absolute atomic E-state index is 12.3. The van der Waals surface area contributed by atoms with Gasteiger partial charge in [0.25, 0.3) is 5.89 Å². The van der Waals surface area contributed by atoms with Gasteiger partial charge in [0, 0.05) is 12.1 Å². The Balaban J connectivity index is 1.50. The predicted molar refractivity (Wildman–Crippen MR) is 115 cm³/mol. The molecular formula is C23H25N3O6. The number of hydrogen-bond acceptors (Lipinski definition) is 8. The molecule has 168 valence electrons. The normalized spacial score (nSPS) is 11.0. The monoisotopic (exact) mass is 439 g/mol. The Hall–Kier alpha value is -3.88. The summed E-state index contributed by atoms with van der Waals surface area (Å²) in [6.07, 6.45) is -0.505. The molecule has 0 radical (unpaired) electrons. The molecule has 0 fully saturated rings. The van der Waals surface area contributed by atoms with Gasteiger partial charge in [0.05, 0.1) is 12.7 Å². The molecule has 0 bridgehead atoms. The van der Waals surface area contributed by atoms with E-state index in [0.29, 0.717) is 11.4 Å². The van der Waals surface area contributed by atoms with E-state index in [1.165, 1.54) is 0 Å². The molecule has 1 amide bonds. The van der Waals surface area contributed by atoms with Crippen molar-refractivity contribution in [3.8, 4) is 17.1 Å². The third-order valence-corrected chi connectivity index (χ3v) is 4.17. The van der Waals surface area contributed by atoms with Gasteiger partial charge < -0.3 is 24.1 Å². The lowest BCUT2D eigenvalue weighted by Crippen LogP contribution is -2.32. The Morgan fingerprint density at radius 2 is 1.72 bits per heavy atom. The minimum Gasteiger partial charge on any atom is -0.497 e. The Labute approximate surface area is 185 Å². The minimum atomic E-state index is -0.564. The van der Waals surface area contributed by atoms with Gasteiger partial charge in [-0.2, -0.15) is 4.98 Å². The molecule has 1 heterocycles. The van der Waals surface area contributed by atoms with Gasteiger partial charge in [0.2, 0.25) is 5.82 Å². The first kappa shape index (κ1) is 22.8. The van der Waals surface area contributed by atoms with Gasteiger partial charge in [-0.05, 0) is 62.7 Å². The molecule has 0 saturated heterocycles. The SMILES string of the molecule is COc1ccc(-c2noc(COC(=O)c3ccc(CNC(=O)OC(C)(C)C)cc3)n2)cc1. The lowest BCUT2D eigenvalue weighted by atomic mass is 10.1. The summed E-state index contributed by atoms with van der Waals surface area (Å²) in [5, 5.41) is 6.56. The first-order valence-electron chi connectivity index (χ1n) is 9.93. The van der Waals surface area contributed by atoms with Crippen LogP contribution in [0.5, 0.6) is 5.75 Å². The molecule has 3 aromatic rings. The summed E-state index contributed by atoms with van der Waals surface area (Å²) in [4.78, 5) is 28.2. The summed E-state index contributed by atoms with van der Waals surface area (Å²) in [7, 11) is 1.59. The smallest absolute Gasteiger partial charge is 0.407 e. The summed E-state index contributed by atoms with van der Waals surface area (Å²) in [6, 6.07) is 13.9. The van der Waals surface area contributed by atoms with E-state index in [0.717, 1.165) is 16.9 Å². The molecule has 1 aromatic heterocycles. The topological polar surface area (TPSA) is 113 Å². The number of esters is 1. The van der Waals surface area contributed by atoms with E-state index in [2.05, 4.69) is 15.5 Å². The number of hydrogen-bond donors (Lipinski definition) is 1. The van der Waals surface area contributed by atoms with Crippen molar-refractivity contribution in [1.82, 2.24) is 15.5 Å². The molecule has 0 saturated carbocycles. The van der Waals surface area contributed by atoms with Gasteiger partial charge in [-0.15, -0.1) is 0 Å². The summed E-state index contributed by atoms with van der Waals surface area (Å²) in [5.74, 6) is 0.766. The second-order valence-electron chi connectivity index (χ2n) is 7.87. The van der Waals surface area contributed by atoms with Crippen molar-refractivity contribution >= 4 is 12.1 Å². The van der Waals surface area contributed by atoms with E-state index in [9.17, 15) is 9.59 Å². The molecule has 1 N–H and O–H groups in total. The highest BCUT2D eigenvalue weighted by Gasteiger charge is 2.16. The number of benzene rings is 2. The van der Waals surface area contributed by atoms with Crippen LogP contribution in [-0.2, 0) is 22.6 Å². The number of carbonyl (C=O) groups is 2. The van der Waals surface area contributed by atoms with E-state index >= 15 is 0 Å². The van der Waals surface area contributed by atoms with Crippen LogP contribution in [0.1, 0.15) is 42.6 Å². The molecule has 0 aliphatic carbocycles. The van der Waals surface area contributed by atoms with E-state index < -0.39 is 17.7 Å². The van der Waals surface area contributed by atoms with Gasteiger partial charge in [-0.25, -0.2) is 9.59 Å². The second kappa shape index (κ2) is 9.95. The molecular weight excluding hydrogens is 414 g/mol. The average Bonchev–Trinajstić information content (AvgIpc) is 3.24. The van der Waals surface area contributed by atoms with Crippen molar-refractivity contribution in [3.05, 3.63) is 65.5 Å². The third kappa shape index (κ3) is 6.56. The number of alkyl carbamates (subject to hydrolysis) is 1. The molecule has 0 atom stereocenters. The maximum Gasteiger partial charge on any atom is 0.407 e. The van der Waals surface area contributed by atoms with Crippen LogP contribution in [-0.4, -0.2) is 34.9 Å². The molecule has 0 spiro atoms. The van der Waals surface area contributed by atoms with Gasteiger partial charge in [0.1, 0.15) is 11.4 Å². The third-order valence-electron chi connectivity index (χ3n) is 4.17. The fourth-order valence-electron chi connectivity index (χ4n) is 2.63. The molecule has 9 heteroatoms. The number of carbonyl (C=O) groups excluding carboxylic acids is 2. The molecule has 3 rings (SSSR count). The highest BCUT2D eigenvalue weighted by molar-refractivity contribution is 5.89.